The molecule has 0 spiro atoms. The topological polar surface area (TPSA) is 61.4 Å². The third-order valence-electron chi connectivity index (χ3n) is 4.85. The molecular formula is C18H25N3O2. The van der Waals surface area contributed by atoms with Crippen molar-refractivity contribution in [3.05, 3.63) is 35.9 Å². The molecule has 2 saturated heterocycles. The van der Waals surface area contributed by atoms with E-state index in [1.165, 1.54) is 6.42 Å². The van der Waals surface area contributed by atoms with E-state index in [1.807, 2.05) is 30.3 Å². The molecule has 0 saturated carbocycles. The first-order valence-electron chi connectivity index (χ1n) is 8.60. The standard InChI is InChI=1S/C18H25N3O2/c22-17(20-11-9-14-8-10-19-13-14)16-7-4-12-21(16)18(23)15-5-2-1-3-6-15/h1-3,5-6,14,16,19H,4,7-13H2,(H,20,22). The molecule has 2 N–H and O–H groups in total. The Labute approximate surface area is 137 Å². The first kappa shape index (κ1) is 16.0. The number of hydrogen-bond donors (Lipinski definition) is 2. The summed E-state index contributed by atoms with van der Waals surface area (Å²) in [5.74, 6) is 0.627. The van der Waals surface area contributed by atoms with Crippen LogP contribution in [-0.4, -0.2) is 48.9 Å². The minimum absolute atomic E-state index is 0.00210. The normalized spacial score (nSPS) is 23.9. The van der Waals surface area contributed by atoms with Gasteiger partial charge < -0.3 is 15.5 Å². The molecule has 2 heterocycles. The van der Waals surface area contributed by atoms with Crippen molar-refractivity contribution < 1.29 is 9.59 Å². The van der Waals surface area contributed by atoms with Crippen molar-refractivity contribution in [2.24, 2.45) is 5.92 Å². The van der Waals surface area contributed by atoms with Gasteiger partial charge in [0.05, 0.1) is 0 Å². The Morgan fingerprint density at radius 1 is 1.22 bits per heavy atom. The van der Waals surface area contributed by atoms with Gasteiger partial charge in [-0.2, -0.15) is 0 Å². The molecule has 0 bridgehead atoms. The molecule has 0 radical (unpaired) electrons. The van der Waals surface area contributed by atoms with E-state index in [9.17, 15) is 9.59 Å². The summed E-state index contributed by atoms with van der Waals surface area (Å²) in [6.45, 7) is 3.51. The summed E-state index contributed by atoms with van der Waals surface area (Å²) >= 11 is 0. The fourth-order valence-corrected chi connectivity index (χ4v) is 3.51. The van der Waals surface area contributed by atoms with Gasteiger partial charge in [0.1, 0.15) is 6.04 Å². The summed E-state index contributed by atoms with van der Waals surface area (Å²) in [5, 5.41) is 6.37. The SMILES string of the molecule is O=C(NCCC1CCNC1)C1CCCN1C(=O)c1ccccc1. The van der Waals surface area contributed by atoms with Gasteiger partial charge in [-0.1, -0.05) is 18.2 Å². The van der Waals surface area contributed by atoms with E-state index in [0.717, 1.165) is 32.4 Å². The van der Waals surface area contributed by atoms with Crippen LogP contribution in [0.15, 0.2) is 30.3 Å². The monoisotopic (exact) mass is 315 g/mol. The van der Waals surface area contributed by atoms with Crippen LogP contribution in [0, 0.1) is 5.92 Å². The van der Waals surface area contributed by atoms with Crippen LogP contribution in [0.1, 0.15) is 36.0 Å². The third-order valence-corrected chi connectivity index (χ3v) is 4.85. The molecule has 2 aliphatic heterocycles. The number of carbonyl (C=O) groups excluding carboxylic acids is 2. The van der Waals surface area contributed by atoms with E-state index < -0.39 is 0 Å². The number of nitrogens with zero attached hydrogens (tertiary/aromatic N) is 1. The van der Waals surface area contributed by atoms with Crippen molar-refractivity contribution >= 4 is 11.8 Å². The highest BCUT2D eigenvalue weighted by Crippen LogP contribution is 2.20. The molecule has 5 nitrogen and oxygen atoms in total. The maximum absolute atomic E-state index is 12.6. The van der Waals surface area contributed by atoms with Gasteiger partial charge in [0.25, 0.3) is 5.91 Å². The van der Waals surface area contributed by atoms with Gasteiger partial charge in [-0.15, -0.1) is 0 Å². The molecular weight excluding hydrogens is 290 g/mol. The lowest BCUT2D eigenvalue weighted by atomic mass is 10.1. The van der Waals surface area contributed by atoms with Crippen molar-refractivity contribution in [3.63, 3.8) is 0 Å². The van der Waals surface area contributed by atoms with Gasteiger partial charge in [-0.3, -0.25) is 9.59 Å². The van der Waals surface area contributed by atoms with Crippen molar-refractivity contribution in [1.82, 2.24) is 15.5 Å². The maximum Gasteiger partial charge on any atom is 0.254 e. The largest absolute Gasteiger partial charge is 0.354 e. The minimum Gasteiger partial charge on any atom is -0.354 e. The zero-order valence-electron chi connectivity index (χ0n) is 13.5. The summed E-state index contributed by atoms with van der Waals surface area (Å²) < 4.78 is 0. The Morgan fingerprint density at radius 3 is 2.78 bits per heavy atom. The Hall–Kier alpha value is -1.88. The summed E-state index contributed by atoms with van der Waals surface area (Å²) in [6, 6.07) is 8.90. The molecule has 2 unspecified atom stereocenters. The molecule has 2 fully saturated rings. The molecule has 124 valence electrons. The Bertz CT molecular complexity index is 540. The van der Waals surface area contributed by atoms with Gasteiger partial charge in [0, 0.05) is 18.7 Å². The summed E-state index contributed by atoms with van der Waals surface area (Å²) in [4.78, 5) is 26.8. The fraction of sp³-hybridized carbons (Fsp3) is 0.556. The summed E-state index contributed by atoms with van der Waals surface area (Å²) in [7, 11) is 0. The average molecular weight is 315 g/mol. The van der Waals surface area contributed by atoms with Gasteiger partial charge in [-0.25, -0.2) is 0 Å². The Morgan fingerprint density at radius 2 is 2.04 bits per heavy atom. The van der Waals surface area contributed by atoms with Gasteiger partial charge in [-0.05, 0) is 56.8 Å². The highest BCUT2D eigenvalue weighted by Gasteiger charge is 2.34. The Balaban J connectivity index is 1.53. The number of likely N-dealkylation sites (tertiary alicyclic amines) is 1. The predicted octanol–water partition coefficient (Wildman–Crippen LogP) is 1.41. The van der Waals surface area contributed by atoms with E-state index in [2.05, 4.69) is 10.6 Å². The van der Waals surface area contributed by atoms with E-state index in [0.29, 0.717) is 24.6 Å². The zero-order valence-corrected chi connectivity index (χ0v) is 13.5. The van der Waals surface area contributed by atoms with Crippen molar-refractivity contribution in [2.45, 2.75) is 31.7 Å². The van der Waals surface area contributed by atoms with Crippen LogP contribution in [0.2, 0.25) is 0 Å². The zero-order chi connectivity index (χ0) is 16.1. The molecule has 5 heteroatoms. The van der Waals surface area contributed by atoms with E-state index in [4.69, 9.17) is 0 Å². The number of hydrogen-bond acceptors (Lipinski definition) is 3. The molecule has 0 aliphatic carbocycles. The first-order valence-corrected chi connectivity index (χ1v) is 8.60. The molecule has 2 amide bonds. The van der Waals surface area contributed by atoms with E-state index >= 15 is 0 Å². The fourth-order valence-electron chi connectivity index (χ4n) is 3.51. The summed E-state index contributed by atoms with van der Waals surface area (Å²) in [5.41, 5.74) is 0.657. The van der Waals surface area contributed by atoms with Crippen LogP contribution in [-0.2, 0) is 4.79 Å². The molecule has 1 aromatic rings. The van der Waals surface area contributed by atoms with Gasteiger partial charge in [0.2, 0.25) is 5.91 Å². The molecule has 0 aromatic heterocycles. The van der Waals surface area contributed by atoms with Crippen LogP contribution in [0.5, 0.6) is 0 Å². The molecule has 2 atom stereocenters. The molecule has 23 heavy (non-hydrogen) atoms. The van der Waals surface area contributed by atoms with Gasteiger partial charge in [0.15, 0.2) is 0 Å². The van der Waals surface area contributed by atoms with E-state index in [-0.39, 0.29) is 17.9 Å². The smallest absolute Gasteiger partial charge is 0.254 e. The van der Waals surface area contributed by atoms with E-state index in [1.54, 1.807) is 4.90 Å². The Kier molecular flexibility index (Phi) is 5.28. The van der Waals surface area contributed by atoms with Crippen molar-refractivity contribution in [2.75, 3.05) is 26.2 Å². The molecule has 3 rings (SSSR count). The lowest BCUT2D eigenvalue weighted by Gasteiger charge is -2.24. The minimum atomic E-state index is -0.315. The number of benzene rings is 1. The lowest BCUT2D eigenvalue weighted by Crippen LogP contribution is -2.46. The lowest BCUT2D eigenvalue weighted by molar-refractivity contribution is -0.124. The van der Waals surface area contributed by atoms with Gasteiger partial charge >= 0.3 is 0 Å². The second-order valence-corrected chi connectivity index (χ2v) is 6.46. The van der Waals surface area contributed by atoms with Crippen LogP contribution in [0.3, 0.4) is 0 Å². The van der Waals surface area contributed by atoms with Crippen molar-refractivity contribution in [3.8, 4) is 0 Å². The van der Waals surface area contributed by atoms with Crippen LogP contribution >= 0.6 is 0 Å². The second kappa shape index (κ2) is 7.59. The molecule has 1 aromatic carbocycles. The van der Waals surface area contributed by atoms with Crippen LogP contribution < -0.4 is 10.6 Å². The highest BCUT2D eigenvalue weighted by atomic mass is 16.2. The maximum atomic E-state index is 12.6. The average Bonchev–Trinajstić information content (AvgIpc) is 3.26. The highest BCUT2D eigenvalue weighted by molar-refractivity contribution is 5.97. The van der Waals surface area contributed by atoms with Crippen LogP contribution in [0.4, 0.5) is 0 Å². The predicted molar refractivity (Wildman–Crippen MR) is 89.1 cm³/mol. The number of amides is 2. The molecule has 2 aliphatic rings. The van der Waals surface area contributed by atoms with Crippen molar-refractivity contribution in [1.29, 1.82) is 0 Å². The second-order valence-electron chi connectivity index (χ2n) is 6.46. The number of nitrogens with one attached hydrogen (secondary N) is 2. The van der Waals surface area contributed by atoms with Crippen LogP contribution in [0.25, 0.3) is 0 Å². The first-order chi connectivity index (χ1) is 11.3. The number of rotatable bonds is 5. The quantitative estimate of drug-likeness (QED) is 0.863. The summed E-state index contributed by atoms with van der Waals surface area (Å²) in [6.07, 6.45) is 3.86. The number of carbonyl (C=O) groups is 2. The third kappa shape index (κ3) is 3.91.